The molecule has 0 heterocycles. The second-order valence-corrected chi connectivity index (χ2v) is 4.73. The summed E-state index contributed by atoms with van der Waals surface area (Å²) in [7, 11) is 0. The Morgan fingerprint density at radius 1 is 0.667 bits per heavy atom. The van der Waals surface area contributed by atoms with E-state index in [0.29, 0.717) is 0 Å². The third-order valence-electron chi connectivity index (χ3n) is 3.50. The molecule has 2 aromatic rings. The highest BCUT2D eigenvalue weighted by molar-refractivity contribution is 5.23. The zero-order chi connectivity index (χ0) is 13.0. The molecular weight excluding hydrogens is 220 g/mol. The number of hydrogen-bond acceptors (Lipinski definition) is 2. The normalized spacial score (nSPS) is 15.9. The molecule has 0 aliphatic carbocycles. The van der Waals surface area contributed by atoms with E-state index in [4.69, 9.17) is 11.5 Å². The van der Waals surface area contributed by atoms with Crippen LogP contribution >= 0.6 is 0 Å². The van der Waals surface area contributed by atoms with Crippen molar-refractivity contribution < 1.29 is 0 Å². The zero-order valence-corrected chi connectivity index (χ0v) is 10.7. The lowest BCUT2D eigenvalue weighted by Gasteiger charge is -2.26. The summed E-state index contributed by atoms with van der Waals surface area (Å²) in [6.45, 7) is 2.11. The summed E-state index contributed by atoms with van der Waals surface area (Å²) in [5.41, 5.74) is 14.9. The van der Waals surface area contributed by atoms with Gasteiger partial charge in [0.2, 0.25) is 0 Å². The zero-order valence-electron chi connectivity index (χ0n) is 10.7. The molecule has 0 aliphatic rings. The lowest BCUT2D eigenvalue weighted by Crippen LogP contribution is -2.29. The molecule has 0 aromatic heterocycles. The van der Waals surface area contributed by atoms with Crippen molar-refractivity contribution in [3.05, 3.63) is 71.8 Å². The van der Waals surface area contributed by atoms with Crippen molar-refractivity contribution in [2.75, 3.05) is 0 Å². The second kappa shape index (κ2) is 5.80. The van der Waals surface area contributed by atoms with E-state index in [-0.39, 0.29) is 18.0 Å². The average molecular weight is 240 g/mol. The van der Waals surface area contributed by atoms with E-state index in [9.17, 15) is 0 Å². The Kier molecular flexibility index (Phi) is 4.13. The number of benzene rings is 2. The van der Waals surface area contributed by atoms with Crippen LogP contribution in [0.25, 0.3) is 0 Å². The summed E-state index contributed by atoms with van der Waals surface area (Å²) < 4.78 is 0. The Morgan fingerprint density at radius 3 is 1.33 bits per heavy atom. The molecule has 0 aliphatic heterocycles. The lowest BCUT2D eigenvalue weighted by atomic mass is 9.86. The summed E-state index contributed by atoms with van der Waals surface area (Å²) in [5.74, 6) is 0.190. The molecule has 2 rings (SSSR count). The van der Waals surface area contributed by atoms with Crippen molar-refractivity contribution in [1.82, 2.24) is 0 Å². The third kappa shape index (κ3) is 2.78. The van der Waals surface area contributed by atoms with Crippen LogP contribution in [-0.2, 0) is 0 Å². The Morgan fingerprint density at radius 2 is 1.00 bits per heavy atom. The Bertz CT molecular complexity index is 421. The molecule has 0 bridgehead atoms. The largest absolute Gasteiger partial charge is 0.324 e. The topological polar surface area (TPSA) is 52.0 Å². The van der Waals surface area contributed by atoms with Gasteiger partial charge in [-0.25, -0.2) is 0 Å². The smallest absolute Gasteiger partial charge is 0.0339 e. The highest BCUT2D eigenvalue weighted by Gasteiger charge is 2.22. The first kappa shape index (κ1) is 12.8. The first-order valence-corrected chi connectivity index (χ1v) is 6.31. The fourth-order valence-electron chi connectivity index (χ4n) is 2.18. The summed E-state index contributed by atoms with van der Waals surface area (Å²) in [6.07, 6.45) is 0. The fraction of sp³-hybridized carbons (Fsp3) is 0.250. The number of rotatable bonds is 4. The lowest BCUT2D eigenvalue weighted by molar-refractivity contribution is 0.392. The highest BCUT2D eigenvalue weighted by atomic mass is 14.7. The maximum absolute atomic E-state index is 6.30. The van der Waals surface area contributed by atoms with Crippen LogP contribution in [0.15, 0.2) is 60.7 Å². The molecule has 0 amide bonds. The van der Waals surface area contributed by atoms with Gasteiger partial charge in [0.25, 0.3) is 0 Å². The highest BCUT2D eigenvalue weighted by Crippen LogP contribution is 2.28. The van der Waals surface area contributed by atoms with Gasteiger partial charge in [0.15, 0.2) is 0 Å². The van der Waals surface area contributed by atoms with Gasteiger partial charge < -0.3 is 11.5 Å². The molecule has 2 atom stereocenters. The van der Waals surface area contributed by atoms with Crippen LogP contribution in [0, 0.1) is 5.92 Å². The van der Waals surface area contributed by atoms with Crippen LogP contribution in [0.5, 0.6) is 0 Å². The van der Waals surface area contributed by atoms with Crippen molar-refractivity contribution in [2.45, 2.75) is 19.0 Å². The van der Waals surface area contributed by atoms with E-state index in [1.165, 1.54) is 0 Å². The van der Waals surface area contributed by atoms with Gasteiger partial charge in [-0.15, -0.1) is 0 Å². The van der Waals surface area contributed by atoms with Crippen LogP contribution in [0.1, 0.15) is 30.1 Å². The minimum Gasteiger partial charge on any atom is -0.324 e. The predicted octanol–water partition coefficient (Wildman–Crippen LogP) is 3.02. The Balaban J connectivity index is 2.14. The Labute approximate surface area is 109 Å². The third-order valence-corrected chi connectivity index (χ3v) is 3.50. The molecule has 0 radical (unpaired) electrons. The van der Waals surface area contributed by atoms with Gasteiger partial charge in [0, 0.05) is 12.1 Å². The summed E-state index contributed by atoms with van der Waals surface area (Å²) in [5, 5.41) is 0. The van der Waals surface area contributed by atoms with E-state index in [1.54, 1.807) is 0 Å². The molecule has 2 nitrogen and oxygen atoms in total. The van der Waals surface area contributed by atoms with E-state index in [0.717, 1.165) is 11.1 Å². The van der Waals surface area contributed by atoms with E-state index in [1.807, 2.05) is 36.4 Å². The molecule has 0 saturated heterocycles. The summed E-state index contributed by atoms with van der Waals surface area (Å²) in [4.78, 5) is 0. The van der Waals surface area contributed by atoms with Crippen molar-refractivity contribution in [3.8, 4) is 0 Å². The molecule has 4 N–H and O–H groups in total. The van der Waals surface area contributed by atoms with E-state index < -0.39 is 0 Å². The van der Waals surface area contributed by atoms with Gasteiger partial charge in [0.1, 0.15) is 0 Å². The van der Waals surface area contributed by atoms with Crippen molar-refractivity contribution in [2.24, 2.45) is 17.4 Å². The molecular formula is C16H20N2. The summed E-state index contributed by atoms with van der Waals surface area (Å²) >= 11 is 0. The fourth-order valence-corrected chi connectivity index (χ4v) is 2.18. The maximum Gasteiger partial charge on any atom is 0.0339 e. The van der Waals surface area contributed by atoms with Crippen LogP contribution in [0.2, 0.25) is 0 Å². The minimum absolute atomic E-state index is 0.0404. The SMILES string of the molecule is CC(C(N)c1ccccc1)C(N)c1ccccc1. The van der Waals surface area contributed by atoms with E-state index >= 15 is 0 Å². The maximum atomic E-state index is 6.30. The molecule has 2 aromatic carbocycles. The molecule has 2 unspecified atom stereocenters. The second-order valence-electron chi connectivity index (χ2n) is 4.73. The van der Waals surface area contributed by atoms with Gasteiger partial charge in [0.05, 0.1) is 0 Å². The van der Waals surface area contributed by atoms with Crippen molar-refractivity contribution in [1.29, 1.82) is 0 Å². The van der Waals surface area contributed by atoms with Crippen molar-refractivity contribution in [3.63, 3.8) is 0 Å². The average Bonchev–Trinajstić information content (AvgIpc) is 2.47. The Hall–Kier alpha value is -1.64. The van der Waals surface area contributed by atoms with Crippen LogP contribution in [0.3, 0.4) is 0 Å². The van der Waals surface area contributed by atoms with Gasteiger partial charge >= 0.3 is 0 Å². The minimum atomic E-state index is -0.0404. The molecule has 2 heteroatoms. The van der Waals surface area contributed by atoms with Gasteiger partial charge in [-0.2, -0.15) is 0 Å². The molecule has 94 valence electrons. The monoisotopic (exact) mass is 240 g/mol. The van der Waals surface area contributed by atoms with E-state index in [2.05, 4.69) is 31.2 Å². The van der Waals surface area contributed by atoms with Crippen LogP contribution in [-0.4, -0.2) is 0 Å². The standard InChI is InChI=1S/C16H20N2/c1-12(15(17)13-8-4-2-5-9-13)16(18)14-10-6-3-7-11-14/h2-12,15-16H,17-18H2,1H3. The molecule has 0 spiro atoms. The van der Waals surface area contributed by atoms with Crippen LogP contribution in [0.4, 0.5) is 0 Å². The number of nitrogens with two attached hydrogens (primary N) is 2. The first-order chi connectivity index (χ1) is 8.70. The molecule has 18 heavy (non-hydrogen) atoms. The first-order valence-electron chi connectivity index (χ1n) is 6.31. The quantitative estimate of drug-likeness (QED) is 0.863. The van der Waals surface area contributed by atoms with Crippen molar-refractivity contribution >= 4 is 0 Å². The van der Waals surface area contributed by atoms with Gasteiger partial charge in [-0.1, -0.05) is 67.6 Å². The summed E-state index contributed by atoms with van der Waals surface area (Å²) in [6, 6.07) is 20.2. The number of hydrogen-bond donors (Lipinski definition) is 2. The molecule has 0 saturated carbocycles. The molecule has 0 fully saturated rings. The van der Waals surface area contributed by atoms with Gasteiger partial charge in [-0.05, 0) is 17.0 Å². The van der Waals surface area contributed by atoms with Gasteiger partial charge in [-0.3, -0.25) is 0 Å². The van der Waals surface area contributed by atoms with Crippen LogP contribution < -0.4 is 11.5 Å². The predicted molar refractivity (Wildman–Crippen MR) is 75.9 cm³/mol.